The average Bonchev–Trinajstić information content (AvgIpc) is 2.89. The van der Waals surface area contributed by atoms with Crippen molar-refractivity contribution in [3.05, 3.63) is 101 Å². The smallest absolute Gasteiger partial charge is 0.266 e. The molecule has 192 valence electrons. The third-order valence-corrected chi connectivity index (χ3v) is 6.44. The number of ether oxygens (including phenoxy) is 1. The van der Waals surface area contributed by atoms with Crippen LogP contribution in [0.1, 0.15) is 51.5 Å². The lowest BCUT2D eigenvalue weighted by molar-refractivity contribution is -0.134. The van der Waals surface area contributed by atoms with E-state index in [1.54, 1.807) is 10.6 Å². The molecule has 0 radical (unpaired) electrons. The summed E-state index contributed by atoms with van der Waals surface area (Å²) < 4.78 is 7.24. The Kier molecular flexibility index (Phi) is 8.39. The average molecular weight is 498 g/mol. The fraction of sp³-hybridized carbons (Fsp3) is 0.323. The Hall–Kier alpha value is -3.93. The summed E-state index contributed by atoms with van der Waals surface area (Å²) in [6, 6.07) is 24.5. The van der Waals surface area contributed by atoms with Crippen molar-refractivity contribution in [2.24, 2.45) is 5.92 Å². The van der Waals surface area contributed by atoms with Gasteiger partial charge >= 0.3 is 0 Å². The highest BCUT2D eigenvalue weighted by atomic mass is 16.5. The molecule has 6 nitrogen and oxygen atoms in total. The van der Waals surface area contributed by atoms with Gasteiger partial charge in [-0.05, 0) is 68.1 Å². The van der Waals surface area contributed by atoms with Gasteiger partial charge in [-0.1, -0.05) is 56.3 Å². The molecule has 0 bridgehead atoms. The number of para-hydroxylation sites is 1. The van der Waals surface area contributed by atoms with Crippen LogP contribution in [0.5, 0.6) is 5.75 Å². The monoisotopic (exact) mass is 497 g/mol. The molecule has 4 rings (SSSR count). The Labute approximate surface area is 218 Å². The molecule has 1 unspecified atom stereocenters. The number of carbonyl (C=O) groups is 1. The van der Waals surface area contributed by atoms with Gasteiger partial charge in [0.1, 0.15) is 11.6 Å². The summed E-state index contributed by atoms with van der Waals surface area (Å²) in [6.45, 7) is 9.08. The summed E-state index contributed by atoms with van der Waals surface area (Å²) in [5.74, 6) is 1.55. The van der Waals surface area contributed by atoms with Crippen LogP contribution in [0.25, 0.3) is 16.6 Å². The SMILES string of the molecule is CCOc1ccc(-n2c(C(C)N(CCc3ccccc3)C(=O)CC(C)C)nc3ccccc3c2=O)cc1. The molecule has 1 heterocycles. The zero-order valence-electron chi connectivity index (χ0n) is 22.1. The van der Waals surface area contributed by atoms with Gasteiger partial charge < -0.3 is 9.64 Å². The van der Waals surface area contributed by atoms with Crippen molar-refractivity contribution in [3.63, 3.8) is 0 Å². The van der Waals surface area contributed by atoms with E-state index in [-0.39, 0.29) is 17.4 Å². The van der Waals surface area contributed by atoms with Crippen LogP contribution in [-0.2, 0) is 11.2 Å². The van der Waals surface area contributed by atoms with Gasteiger partial charge in [0.2, 0.25) is 5.91 Å². The maximum absolute atomic E-state index is 13.8. The lowest BCUT2D eigenvalue weighted by atomic mass is 10.1. The summed E-state index contributed by atoms with van der Waals surface area (Å²) >= 11 is 0. The predicted octanol–water partition coefficient (Wildman–Crippen LogP) is 5.96. The molecular formula is C31H35N3O3. The van der Waals surface area contributed by atoms with E-state index in [1.807, 2.05) is 93.3 Å². The van der Waals surface area contributed by atoms with Gasteiger partial charge in [0, 0.05) is 13.0 Å². The standard InChI is InChI=1S/C31H35N3O3/c1-5-37-26-17-15-25(16-18-26)34-30(32-28-14-10-9-13-27(28)31(34)36)23(4)33(29(35)21-22(2)3)20-19-24-11-7-6-8-12-24/h6-18,22-23H,5,19-21H2,1-4H3. The molecule has 1 atom stereocenters. The van der Waals surface area contributed by atoms with Gasteiger partial charge in [-0.25, -0.2) is 4.98 Å². The van der Waals surface area contributed by atoms with Gasteiger partial charge in [-0.15, -0.1) is 0 Å². The largest absolute Gasteiger partial charge is 0.494 e. The number of nitrogens with zero attached hydrogens (tertiary/aromatic N) is 3. The lowest BCUT2D eigenvalue weighted by Crippen LogP contribution is -2.39. The maximum Gasteiger partial charge on any atom is 0.266 e. The Bertz CT molecular complexity index is 1400. The van der Waals surface area contributed by atoms with E-state index in [2.05, 4.69) is 12.1 Å². The number of amides is 1. The molecule has 1 aromatic heterocycles. The Balaban J connectivity index is 1.81. The molecule has 0 aliphatic carbocycles. The lowest BCUT2D eigenvalue weighted by Gasteiger charge is -2.31. The number of hydrogen-bond acceptors (Lipinski definition) is 4. The quantitative estimate of drug-likeness (QED) is 0.271. The van der Waals surface area contributed by atoms with E-state index in [4.69, 9.17) is 9.72 Å². The number of fused-ring (bicyclic) bond motifs is 1. The molecule has 0 fully saturated rings. The summed E-state index contributed by atoms with van der Waals surface area (Å²) in [5, 5.41) is 0.539. The minimum atomic E-state index is -0.418. The summed E-state index contributed by atoms with van der Waals surface area (Å²) in [5.41, 5.74) is 2.31. The number of aromatic nitrogens is 2. The Morgan fingerprint density at radius 2 is 1.62 bits per heavy atom. The zero-order valence-corrected chi connectivity index (χ0v) is 22.1. The highest BCUT2D eigenvalue weighted by molar-refractivity contribution is 5.79. The van der Waals surface area contributed by atoms with Gasteiger partial charge in [0.25, 0.3) is 5.56 Å². The fourth-order valence-corrected chi connectivity index (χ4v) is 4.57. The molecule has 0 saturated carbocycles. The molecule has 6 heteroatoms. The van der Waals surface area contributed by atoms with E-state index in [0.29, 0.717) is 42.0 Å². The minimum Gasteiger partial charge on any atom is -0.494 e. The molecule has 37 heavy (non-hydrogen) atoms. The first-order chi connectivity index (χ1) is 17.9. The van der Waals surface area contributed by atoms with Crippen LogP contribution in [0.15, 0.2) is 83.7 Å². The van der Waals surface area contributed by atoms with Crippen LogP contribution >= 0.6 is 0 Å². The van der Waals surface area contributed by atoms with Crippen molar-refractivity contribution in [3.8, 4) is 11.4 Å². The fourth-order valence-electron chi connectivity index (χ4n) is 4.57. The first-order valence-electron chi connectivity index (χ1n) is 13.0. The van der Waals surface area contributed by atoms with Gasteiger partial charge in [-0.2, -0.15) is 0 Å². The highest BCUT2D eigenvalue weighted by Gasteiger charge is 2.27. The Morgan fingerprint density at radius 1 is 0.946 bits per heavy atom. The van der Waals surface area contributed by atoms with Crippen molar-refractivity contribution >= 4 is 16.8 Å². The Morgan fingerprint density at radius 3 is 2.30 bits per heavy atom. The molecule has 0 aliphatic heterocycles. The molecule has 3 aromatic carbocycles. The van der Waals surface area contributed by atoms with Crippen LogP contribution in [-0.4, -0.2) is 33.5 Å². The van der Waals surface area contributed by atoms with Crippen LogP contribution in [0.3, 0.4) is 0 Å². The molecule has 0 saturated heterocycles. The molecule has 0 spiro atoms. The minimum absolute atomic E-state index is 0.0547. The first-order valence-corrected chi connectivity index (χ1v) is 13.0. The zero-order chi connectivity index (χ0) is 26.4. The second kappa shape index (κ2) is 11.9. The third kappa shape index (κ3) is 6.08. The second-order valence-corrected chi connectivity index (χ2v) is 9.65. The normalized spacial score (nSPS) is 12.0. The maximum atomic E-state index is 13.8. The van der Waals surface area contributed by atoms with Crippen molar-refractivity contribution < 1.29 is 9.53 Å². The number of hydrogen-bond donors (Lipinski definition) is 0. The number of rotatable bonds is 10. The van der Waals surface area contributed by atoms with Crippen LogP contribution in [0, 0.1) is 5.92 Å². The van der Waals surface area contributed by atoms with Crippen molar-refractivity contribution in [2.75, 3.05) is 13.2 Å². The van der Waals surface area contributed by atoms with E-state index in [9.17, 15) is 9.59 Å². The van der Waals surface area contributed by atoms with Crippen molar-refractivity contribution in [2.45, 2.75) is 46.6 Å². The number of benzene rings is 3. The molecular weight excluding hydrogens is 462 g/mol. The van der Waals surface area contributed by atoms with Gasteiger partial charge in [0.05, 0.1) is 29.2 Å². The van der Waals surface area contributed by atoms with Crippen molar-refractivity contribution in [1.29, 1.82) is 0 Å². The first kappa shape index (κ1) is 26.1. The highest BCUT2D eigenvalue weighted by Crippen LogP contribution is 2.25. The molecule has 0 aliphatic rings. The molecule has 0 N–H and O–H groups in total. The van der Waals surface area contributed by atoms with Gasteiger partial charge in [0.15, 0.2) is 0 Å². The summed E-state index contributed by atoms with van der Waals surface area (Å²) in [4.78, 5) is 34.1. The van der Waals surface area contributed by atoms with Crippen LogP contribution in [0.4, 0.5) is 0 Å². The predicted molar refractivity (Wildman–Crippen MR) is 148 cm³/mol. The van der Waals surface area contributed by atoms with E-state index in [1.165, 1.54) is 0 Å². The van der Waals surface area contributed by atoms with E-state index < -0.39 is 6.04 Å². The third-order valence-electron chi connectivity index (χ3n) is 6.44. The van der Waals surface area contributed by atoms with Crippen LogP contribution < -0.4 is 10.3 Å². The van der Waals surface area contributed by atoms with Crippen molar-refractivity contribution in [1.82, 2.24) is 14.5 Å². The summed E-state index contributed by atoms with van der Waals surface area (Å²) in [7, 11) is 0. The molecule has 4 aromatic rings. The number of carbonyl (C=O) groups excluding carboxylic acids is 1. The topological polar surface area (TPSA) is 64.4 Å². The second-order valence-electron chi connectivity index (χ2n) is 9.65. The molecule has 1 amide bonds. The van der Waals surface area contributed by atoms with E-state index in [0.717, 1.165) is 17.7 Å². The van der Waals surface area contributed by atoms with Crippen LogP contribution in [0.2, 0.25) is 0 Å². The van der Waals surface area contributed by atoms with E-state index >= 15 is 0 Å². The van der Waals surface area contributed by atoms with Gasteiger partial charge in [-0.3, -0.25) is 14.2 Å². The summed E-state index contributed by atoms with van der Waals surface area (Å²) in [6.07, 6.45) is 1.15.